The van der Waals surface area contributed by atoms with Crippen molar-refractivity contribution >= 4 is 6.09 Å². The molecule has 3 rings (SSSR count). The molecule has 0 radical (unpaired) electrons. The summed E-state index contributed by atoms with van der Waals surface area (Å²) in [5.41, 5.74) is 1.76. The van der Waals surface area contributed by atoms with E-state index in [1.54, 1.807) is 6.92 Å². The van der Waals surface area contributed by atoms with Gasteiger partial charge in [-0.05, 0) is 18.1 Å². The first kappa shape index (κ1) is 19.4. The highest BCUT2D eigenvalue weighted by molar-refractivity contribution is 5.69. The van der Waals surface area contributed by atoms with Gasteiger partial charge in [-0.25, -0.2) is 4.79 Å². The molecule has 4 atom stereocenters. The van der Waals surface area contributed by atoms with Gasteiger partial charge in [0.05, 0.1) is 25.8 Å². The number of β-amino-alcohol motifs (C(OH)–C–C–N with tert-alkyl or cyclic N) is 1. The SMILES string of the molecule is CCOC(=O)N1C[C@H](O)[C@H](O)[C@H](OCc2ccccc2)[C@H]1c1ccccc1. The van der Waals surface area contributed by atoms with E-state index >= 15 is 0 Å². The van der Waals surface area contributed by atoms with Gasteiger partial charge in [0.1, 0.15) is 18.3 Å². The van der Waals surface area contributed by atoms with Crippen molar-refractivity contribution in [2.75, 3.05) is 13.2 Å². The molecule has 0 aliphatic carbocycles. The first-order valence-electron chi connectivity index (χ1n) is 9.11. The Kier molecular flexibility index (Phi) is 6.45. The summed E-state index contributed by atoms with van der Waals surface area (Å²) in [5.74, 6) is 0. The van der Waals surface area contributed by atoms with Gasteiger partial charge < -0.3 is 19.7 Å². The van der Waals surface area contributed by atoms with Crippen LogP contribution in [-0.4, -0.2) is 52.7 Å². The highest BCUT2D eigenvalue weighted by atomic mass is 16.6. The van der Waals surface area contributed by atoms with Crippen molar-refractivity contribution < 1.29 is 24.5 Å². The summed E-state index contributed by atoms with van der Waals surface area (Å²) in [6, 6.07) is 18.4. The second-order valence-electron chi connectivity index (χ2n) is 6.53. The number of likely N-dealkylation sites (tertiary alicyclic amines) is 1. The summed E-state index contributed by atoms with van der Waals surface area (Å²) in [5, 5.41) is 20.9. The number of amides is 1. The normalized spacial score (nSPS) is 25.2. The van der Waals surface area contributed by atoms with E-state index < -0.39 is 30.4 Å². The highest BCUT2D eigenvalue weighted by Crippen LogP contribution is 2.34. The van der Waals surface area contributed by atoms with Gasteiger partial charge >= 0.3 is 6.09 Å². The monoisotopic (exact) mass is 371 g/mol. The minimum absolute atomic E-state index is 0.0231. The maximum Gasteiger partial charge on any atom is 0.410 e. The average Bonchev–Trinajstić information content (AvgIpc) is 2.70. The number of hydrogen-bond acceptors (Lipinski definition) is 5. The Bertz CT molecular complexity index is 724. The summed E-state index contributed by atoms with van der Waals surface area (Å²) < 4.78 is 11.2. The van der Waals surface area contributed by atoms with Crippen molar-refractivity contribution in [1.29, 1.82) is 0 Å². The molecule has 6 nitrogen and oxygen atoms in total. The number of carbonyl (C=O) groups excluding carboxylic acids is 1. The first-order chi connectivity index (χ1) is 13.1. The molecule has 1 amide bonds. The molecule has 0 bridgehead atoms. The molecular formula is C21H25NO5. The van der Waals surface area contributed by atoms with Gasteiger partial charge in [-0.3, -0.25) is 4.90 Å². The summed E-state index contributed by atoms with van der Waals surface area (Å²) in [7, 11) is 0. The average molecular weight is 371 g/mol. The molecule has 0 saturated carbocycles. The lowest BCUT2D eigenvalue weighted by Gasteiger charge is -2.45. The van der Waals surface area contributed by atoms with Crippen LogP contribution >= 0.6 is 0 Å². The van der Waals surface area contributed by atoms with Gasteiger partial charge in [-0.2, -0.15) is 0 Å². The van der Waals surface area contributed by atoms with Crippen molar-refractivity contribution in [1.82, 2.24) is 4.90 Å². The molecule has 1 saturated heterocycles. The molecule has 6 heteroatoms. The molecule has 2 N–H and O–H groups in total. The lowest BCUT2D eigenvalue weighted by Crippen LogP contribution is -2.59. The number of ether oxygens (including phenoxy) is 2. The van der Waals surface area contributed by atoms with Crippen LogP contribution in [0.15, 0.2) is 60.7 Å². The Morgan fingerprint density at radius 1 is 1.07 bits per heavy atom. The standard InChI is InChI=1S/C21H25NO5/c1-2-26-21(25)22-13-17(23)19(24)20(18(22)16-11-7-4-8-12-16)27-14-15-9-5-3-6-10-15/h3-12,17-20,23-24H,2,13-14H2,1H3/t17-,18+,19-,20+/m0/s1. The quantitative estimate of drug-likeness (QED) is 0.844. The Balaban J connectivity index is 1.90. The fourth-order valence-corrected chi connectivity index (χ4v) is 3.38. The topological polar surface area (TPSA) is 79.2 Å². The van der Waals surface area contributed by atoms with Crippen LogP contribution in [-0.2, 0) is 16.1 Å². The predicted molar refractivity (Wildman–Crippen MR) is 99.9 cm³/mol. The van der Waals surface area contributed by atoms with Crippen LogP contribution in [0.3, 0.4) is 0 Å². The van der Waals surface area contributed by atoms with Gasteiger partial charge in [-0.1, -0.05) is 60.7 Å². The first-order valence-corrected chi connectivity index (χ1v) is 9.11. The number of piperidine rings is 1. The molecule has 0 spiro atoms. The molecule has 144 valence electrons. The number of carbonyl (C=O) groups is 1. The van der Waals surface area contributed by atoms with Gasteiger partial charge in [0.15, 0.2) is 0 Å². The van der Waals surface area contributed by atoms with E-state index in [4.69, 9.17) is 9.47 Å². The van der Waals surface area contributed by atoms with E-state index in [0.29, 0.717) is 0 Å². The fraction of sp³-hybridized carbons (Fsp3) is 0.381. The second-order valence-corrected chi connectivity index (χ2v) is 6.53. The Hall–Kier alpha value is -2.41. The van der Waals surface area contributed by atoms with Gasteiger partial charge in [-0.15, -0.1) is 0 Å². The third kappa shape index (κ3) is 4.47. The van der Waals surface area contributed by atoms with Crippen LogP contribution in [0.4, 0.5) is 4.79 Å². The highest BCUT2D eigenvalue weighted by Gasteiger charge is 2.46. The second kappa shape index (κ2) is 8.99. The van der Waals surface area contributed by atoms with Crippen LogP contribution < -0.4 is 0 Å². The van der Waals surface area contributed by atoms with E-state index in [1.807, 2.05) is 60.7 Å². The van der Waals surface area contributed by atoms with Gasteiger partial charge in [0.25, 0.3) is 0 Å². The Morgan fingerprint density at radius 2 is 1.70 bits per heavy atom. The largest absolute Gasteiger partial charge is 0.450 e. The summed E-state index contributed by atoms with van der Waals surface area (Å²) in [6.45, 7) is 2.19. The number of aliphatic hydroxyl groups is 2. The lowest BCUT2D eigenvalue weighted by molar-refractivity contribution is -0.159. The van der Waals surface area contributed by atoms with Crippen LogP contribution in [0.25, 0.3) is 0 Å². The Labute approximate surface area is 159 Å². The number of aliphatic hydroxyl groups excluding tert-OH is 2. The van der Waals surface area contributed by atoms with Crippen molar-refractivity contribution in [2.24, 2.45) is 0 Å². The van der Waals surface area contributed by atoms with E-state index in [1.165, 1.54) is 4.90 Å². The van der Waals surface area contributed by atoms with E-state index in [9.17, 15) is 15.0 Å². The van der Waals surface area contributed by atoms with Gasteiger partial charge in [0.2, 0.25) is 0 Å². The molecule has 0 aromatic heterocycles. The van der Waals surface area contributed by atoms with Crippen LogP contribution in [0.2, 0.25) is 0 Å². The van der Waals surface area contributed by atoms with Gasteiger partial charge in [0, 0.05) is 0 Å². The predicted octanol–water partition coefficient (Wildman–Crippen LogP) is 2.51. The number of nitrogens with zero attached hydrogens (tertiary/aromatic N) is 1. The molecule has 1 fully saturated rings. The molecule has 2 aromatic rings. The van der Waals surface area contributed by atoms with Crippen molar-refractivity contribution in [3.63, 3.8) is 0 Å². The summed E-state index contributed by atoms with van der Waals surface area (Å²) in [6.07, 6.45) is -3.56. The van der Waals surface area contributed by atoms with Crippen molar-refractivity contribution in [3.8, 4) is 0 Å². The zero-order chi connectivity index (χ0) is 19.2. The molecular weight excluding hydrogens is 346 g/mol. The third-order valence-electron chi connectivity index (χ3n) is 4.69. The van der Waals surface area contributed by atoms with Crippen molar-refractivity contribution in [2.45, 2.75) is 37.9 Å². The zero-order valence-corrected chi connectivity index (χ0v) is 15.3. The van der Waals surface area contributed by atoms with Crippen LogP contribution in [0.5, 0.6) is 0 Å². The minimum atomic E-state index is -1.12. The van der Waals surface area contributed by atoms with E-state index in [-0.39, 0.29) is 19.8 Å². The molecule has 1 aliphatic rings. The molecule has 0 unspecified atom stereocenters. The lowest BCUT2D eigenvalue weighted by atomic mass is 9.89. The number of hydrogen-bond donors (Lipinski definition) is 2. The molecule has 27 heavy (non-hydrogen) atoms. The Morgan fingerprint density at radius 3 is 2.33 bits per heavy atom. The smallest absolute Gasteiger partial charge is 0.410 e. The number of rotatable bonds is 5. The zero-order valence-electron chi connectivity index (χ0n) is 15.3. The molecule has 1 aliphatic heterocycles. The summed E-state index contributed by atoms with van der Waals surface area (Å²) in [4.78, 5) is 13.9. The maximum atomic E-state index is 12.5. The molecule has 1 heterocycles. The molecule has 2 aromatic carbocycles. The summed E-state index contributed by atoms with van der Waals surface area (Å²) >= 11 is 0. The minimum Gasteiger partial charge on any atom is -0.450 e. The maximum absolute atomic E-state index is 12.5. The fourth-order valence-electron chi connectivity index (χ4n) is 3.38. The third-order valence-corrected chi connectivity index (χ3v) is 4.69. The number of benzene rings is 2. The van der Waals surface area contributed by atoms with E-state index in [2.05, 4.69) is 0 Å². The van der Waals surface area contributed by atoms with Crippen LogP contribution in [0, 0.1) is 0 Å². The van der Waals surface area contributed by atoms with Crippen LogP contribution in [0.1, 0.15) is 24.1 Å². The van der Waals surface area contributed by atoms with Crippen molar-refractivity contribution in [3.05, 3.63) is 71.8 Å². The van der Waals surface area contributed by atoms with E-state index in [0.717, 1.165) is 11.1 Å².